The van der Waals surface area contributed by atoms with E-state index in [0.29, 0.717) is 0 Å². The van der Waals surface area contributed by atoms with E-state index in [4.69, 9.17) is 17.5 Å². The van der Waals surface area contributed by atoms with E-state index in [1.165, 1.54) is 0 Å². The lowest BCUT2D eigenvalue weighted by atomic mass is 10.3. The molecule has 0 saturated carbocycles. The Morgan fingerprint density at radius 2 is 0.800 bits per heavy atom. The fourth-order valence-corrected chi connectivity index (χ4v) is 9.70. The molecule has 0 aliphatic heterocycles. The van der Waals surface area contributed by atoms with Crippen LogP contribution in [-0.2, 0) is 11.8 Å². The first-order valence-corrected chi connectivity index (χ1v) is 14.0. The highest BCUT2D eigenvalue weighted by atomic mass is 33.5. The number of thiol groups is 1. The van der Waals surface area contributed by atoms with Crippen LogP contribution in [0.5, 0.6) is 0 Å². The first-order valence-electron chi connectivity index (χ1n) is 7.16. The molecule has 2 aromatic rings. The Balaban J connectivity index is 0.00000141. The molecule has 0 aliphatic rings. The lowest BCUT2D eigenvalue weighted by Gasteiger charge is -2.17. The quantitative estimate of drug-likeness (QED) is 0.143. The number of benzene rings is 2. The van der Waals surface area contributed by atoms with E-state index in [1.54, 1.807) is 0 Å². The third kappa shape index (κ3) is 5.80. The average Bonchev–Trinajstić information content (AvgIpc) is 2.69. The van der Waals surface area contributed by atoms with Crippen LogP contribution in [-0.4, -0.2) is 6.54 Å². The van der Waals surface area contributed by atoms with E-state index in [9.17, 15) is 43.9 Å². The topological polar surface area (TPSA) is 26.0 Å². The van der Waals surface area contributed by atoms with Crippen molar-refractivity contribution < 1.29 is 43.9 Å². The fraction of sp³-hybridized carbons (Fsp3) is 0.143. The van der Waals surface area contributed by atoms with Gasteiger partial charge in [0.05, 0.1) is 9.79 Å². The van der Waals surface area contributed by atoms with Gasteiger partial charge >= 0.3 is 0 Å². The van der Waals surface area contributed by atoms with Gasteiger partial charge in [0.2, 0.25) is 11.6 Å². The zero-order valence-corrected chi connectivity index (χ0v) is 18.4. The third-order valence-corrected chi connectivity index (χ3v) is 10.9. The number of nitrogens with two attached hydrogens (primary N) is 1. The Bertz CT molecular complexity index is 886. The van der Waals surface area contributed by atoms with Crippen LogP contribution in [0, 0.1) is 58.2 Å². The lowest BCUT2D eigenvalue weighted by Crippen LogP contribution is -2.03. The molecule has 0 radical (unpaired) electrons. The normalized spacial score (nSPS) is 11.4. The molecule has 2 aromatic carbocycles. The summed E-state index contributed by atoms with van der Waals surface area (Å²) in [6, 6.07) is 0. The van der Waals surface area contributed by atoms with E-state index in [2.05, 4.69) is 12.2 Å². The van der Waals surface area contributed by atoms with Crippen molar-refractivity contribution in [3.05, 3.63) is 58.2 Å². The molecule has 0 saturated heterocycles. The molecule has 168 valence electrons. The molecule has 16 heteroatoms. The van der Waals surface area contributed by atoms with Crippen molar-refractivity contribution in [1.29, 1.82) is 0 Å². The van der Waals surface area contributed by atoms with Gasteiger partial charge in [-0.25, -0.2) is 43.9 Å². The maximum atomic E-state index is 13.7. The summed E-state index contributed by atoms with van der Waals surface area (Å²) >= 11 is 7.93. The maximum absolute atomic E-state index is 13.7. The summed E-state index contributed by atoms with van der Waals surface area (Å²) < 4.78 is 130. The van der Waals surface area contributed by atoms with Crippen molar-refractivity contribution in [1.82, 2.24) is 0 Å². The molecule has 0 atom stereocenters. The Morgan fingerprint density at radius 3 is 1.00 bits per heavy atom. The van der Waals surface area contributed by atoms with Gasteiger partial charge in [-0.15, -0.1) is 12.2 Å². The van der Waals surface area contributed by atoms with Crippen LogP contribution in [0.2, 0.25) is 0 Å². The van der Waals surface area contributed by atoms with Crippen molar-refractivity contribution in [3.63, 3.8) is 0 Å². The van der Waals surface area contributed by atoms with Crippen molar-refractivity contribution in [2.45, 2.75) is 16.7 Å². The molecule has 2 N–H and O–H groups in total. The molecule has 0 fully saturated rings. The van der Waals surface area contributed by atoms with E-state index < -0.39 is 71.6 Å². The van der Waals surface area contributed by atoms with E-state index >= 15 is 0 Å². The standard InChI is InChI=1S/C12HF10PS4.C2H7N/c13-1-3(15)7(19)11(8(20)4(1)16)26-23(24,25)27-12-9(21)5(17)2(14)6(18)10(12)22;1-2-3/h(H,24,25);2-3H2,1H3. The van der Waals surface area contributed by atoms with Crippen molar-refractivity contribution in [2.75, 3.05) is 6.54 Å². The zero-order chi connectivity index (χ0) is 23.5. The minimum Gasteiger partial charge on any atom is -0.331 e. The molecular weight excluding hydrogens is 531 g/mol. The summed E-state index contributed by atoms with van der Waals surface area (Å²) in [5.41, 5.74) is 4.85. The van der Waals surface area contributed by atoms with Gasteiger partial charge in [-0.3, -0.25) is 0 Å². The van der Waals surface area contributed by atoms with Crippen LogP contribution in [0.4, 0.5) is 43.9 Å². The van der Waals surface area contributed by atoms with Gasteiger partial charge in [-0.1, -0.05) is 41.5 Å². The Morgan fingerprint density at radius 1 is 0.633 bits per heavy atom. The largest absolute Gasteiger partial charge is 0.331 e. The highest BCUT2D eigenvalue weighted by Crippen LogP contribution is 2.78. The molecule has 0 amide bonds. The Kier molecular flexibility index (Phi) is 9.89. The highest BCUT2D eigenvalue weighted by Gasteiger charge is 2.33. The first kappa shape index (κ1) is 27.4. The summed E-state index contributed by atoms with van der Waals surface area (Å²) in [7, 11) is 0. The summed E-state index contributed by atoms with van der Waals surface area (Å²) in [5.74, 6) is -23.2. The Labute approximate surface area is 181 Å². The molecule has 0 bridgehead atoms. The zero-order valence-electron chi connectivity index (χ0n) is 14.2. The maximum Gasteiger partial charge on any atom is 0.200 e. The predicted molar refractivity (Wildman–Crippen MR) is 102 cm³/mol. The smallest absolute Gasteiger partial charge is 0.200 e. The minimum atomic E-state index is -3.86. The molecular formula is C14H8F10NPS4. The van der Waals surface area contributed by atoms with Gasteiger partial charge in [-0.2, -0.15) is 0 Å². The van der Waals surface area contributed by atoms with Crippen LogP contribution < -0.4 is 5.73 Å². The SMILES string of the molecule is CCN.Fc1c(F)c(F)c(SP(=S)(S)Sc2c(F)c(F)c(F)c(F)c2F)c(F)c1F. The van der Waals surface area contributed by atoms with Gasteiger partial charge in [0.15, 0.2) is 46.5 Å². The van der Waals surface area contributed by atoms with Crippen LogP contribution >= 0.6 is 38.7 Å². The van der Waals surface area contributed by atoms with Gasteiger partial charge in [-0.05, 0) is 6.54 Å². The minimum absolute atomic E-state index is 0.251. The van der Waals surface area contributed by atoms with Crippen molar-refractivity contribution in [2.24, 2.45) is 5.73 Å². The summed E-state index contributed by atoms with van der Waals surface area (Å²) in [6.07, 6.45) is 0. The third-order valence-electron chi connectivity index (χ3n) is 2.75. The Hall–Kier alpha value is -0.600. The summed E-state index contributed by atoms with van der Waals surface area (Å²) in [6.45, 7) is 2.65. The van der Waals surface area contributed by atoms with E-state index in [1.807, 2.05) is 6.92 Å². The number of halogens is 10. The van der Waals surface area contributed by atoms with Crippen LogP contribution in [0.25, 0.3) is 0 Å². The highest BCUT2D eigenvalue weighted by molar-refractivity contribution is 9.20. The van der Waals surface area contributed by atoms with Crippen molar-refractivity contribution >= 4 is 50.5 Å². The molecule has 0 spiro atoms. The van der Waals surface area contributed by atoms with Crippen molar-refractivity contribution in [3.8, 4) is 0 Å². The van der Waals surface area contributed by atoms with Gasteiger partial charge in [0.25, 0.3) is 0 Å². The fourth-order valence-electron chi connectivity index (χ4n) is 1.58. The summed E-state index contributed by atoms with van der Waals surface area (Å²) in [4.78, 5) is -3.00. The molecule has 1 nitrogen and oxygen atoms in total. The average molecular weight is 539 g/mol. The van der Waals surface area contributed by atoms with E-state index in [-0.39, 0.29) is 22.8 Å². The summed E-state index contributed by atoms with van der Waals surface area (Å²) in [5, 5.41) is 0. The molecule has 2 rings (SSSR count). The molecule has 0 aromatic heterocycles. The van der Waals surface area contributed by atoms with Crippen LogP contribution in [0.15, 0.2) is 9.79 Å². The number of rotatable bonds is 4. The van der Waals surface area contributed by atoms with Crippen LogP contribution in [0.3, 0.4) is 0 Å². The van der Waals surface area contributed by atoms with E-state index in [0.717, 1.165) is 6.54 Å². The molecule has 0 unspecified atom stereocenters. The second-order valence-electron chi connectivity index (χ2n) is 4.86. The van der Waals surface area contributed by atoms with Gasteiger partial charge < -0.3 is 5.73 Å². The second kappa shape index (κ2) is 10.8. The molecule has 0 heterocycles. The number of hydrogen-bond donors (Lipinski definition) is 2. The van der Waals surface area contributed by atoms with Gasteiger partial charge in [0, 0.05) is 0 Å². The van der Waals surface area contributed by atoms with Crippen LogP contribution in [0.1, 0.15) is 6.92 Å². The first-order chi connectivity index (χ1) is 13.7. The second-order valence-corrected chi connectivity index (χ2v) is 19.3. The molecule has 0 aliphatic carbocycles. The lowest BCUT2D eigenvalue weighted by molar-refractivity contribution is 0.361. The number of hydrogen-bond acceptors (Lipinski definition) is 4. The van der Waals surface area contributed by atoms with Gasteiger partial charge in [0.1, 0.15) is 3.64 Å². The predicted octanol–water partition coefficient (Wildman–Crippen LogP) is 7.08. The molecule has 30 heavy (non-hydrogen) atoms. The monoisotopic (exact) mass is 539 g/mol.